The lowest BCUT2D eigenvalue weighted by molar-refractivity contribution is -0.128. The van der Waals surface area contributed by atoms with E-state index in [1.54, 1.807) is 17.0 Å². The summed E-state index contributed by atoms with van der Waals surface area (Å²) in [5, 5.41) is 4.13. The minimum absolute atomic E-state index is 0.00335. The third-order valence-electron chi connectivity index (χ3n) is 5.13. The maximum Gasteiger partial charge on any atom is 0.232 e. The van der Waals surface area contributed by atoms with Crippen LogP contribution >= 0.6 is 11.6 Å². The maximum atomic E-state index is 13.3. The number of halogens is 2. The van der Waals surface area contributed by atoms with E-state index in [4.69, 9.17) is 16.1 Å². The van der Waals surface area contributed by atoms with Gasteiger partial charge in [0, 0.05) is 25.1 Å². The van der Waals surface area contributed by atoms with Crippen molar-refractivity contribution in [3.05, 3.63) is 69.8 Å². The highest BCUT2D eigenvalue weighted by molar-refractivity contribution is 6.30. The predicted molar refractivity (Wildman–Crippen MR) is 103 cm³/mol. The van der Waals surface area contributed by atoms with Crippen molar-refractivity contribution in [2.45, 2.75) is 32.7 Å². The van der Waals surface area contributed by atoms with Crippen LogP contribution in [0.25, 0.3) is 11.4 Å². The molecule has 0 aliphatic carbocycles. The van der Waals surface area contributed by atoms with Gasteiger partial charge in [-0.3, -0.25) is 4.79 Å². The van der Waals surface area contributed by atoms with Crippen LogP contribution in [0.5, 0.6) is 0 Å². The van der Waals surface area contributed by atoms with Gasteiger partial charge < -0.3 is 9.42 Å². The fourth-order valence-electron chi connectivity index (χ4n) is 3.35. The zero-order valence-corrected chi connectivity index (χ0v) is 16.3. The first-order valence-electron chi connectivity index (χ1n) is 9.03. The number of nitrogens with zero attached hydrogens (tertiary/aromatic N) is 3. The molecule has 0 bridgehead atoms. The third-order valence-corrected chi connectivity index (χ3v) is 5.42. The Hall–Kier alpha value is -2.73. The molecule has 2 heterocycles. The quantitative estimate of drug-likeness (QED) is 0.640. The summed E-state index contributed by atoms with van der Waals surface area (Å²) >= 11 is 5.83. The summed E-state index contributed by atoms with van der Waals surface area (Å²) in [5.41, 5.74) is 4.02. The number of likely N-dealkylation sites (tertiary alicyclic amines) is 1. The van der Waals surface area contributed by atoms with E-state index in [1.807, 2.05) is 32.0 Å². The Morgan fingerprint density at radius 2 is 2.04 bits per heavy atom. The van der Waals surface area contributed by atoms with E-state index >= 15 is 0 Å². The number of benzene rings is 2. The first kappa shape index (κ1) is 18.6. The van der Waals surface area contributed by atoms with Gasteiger partial charge >= 0.3 is 0 Å². The van der Waals surface area contributed by atoms with E-state index in [9.17, 15) is 9.18 Å². The molecule has 1 unspecified atom stereocenters. The molecule has 0 N–H and O–H groups in total. The van der Waals surface area contributed by atoms with E-state index in [1.165, 1.54) is 11.6 Å². The van der Waals surface area contributed by atoms with Gasteiger partial charge in [-0.1, -0.05) is 35.0 Å². The number of hydrogen-bond acceptors (Lipinski definition) is 4. The van der Waals surface area contributed by atoms with Crippen molar-refractivity contribution in [2.75, 3.05) is 6.54 Å². The van der Waals surface area contributed by atoms with E-state index in [0.29, 0.717) is 31.2 Å². The van der Waals surface area contributed by atoms with Gasteiger partial charge in [0.25, 0.3) is 0 Å². The summed E-state index contributed by atoms with van der Waals surface area (Å²) in [4.78, 5) is 18.6. The van der Waals surface area contributed by atoms with Gasteiger partial charge in [0.1, 0.15) is 5.82 Å². The zero-order valence-electron chi connectivity index (χ0n) is 15.6. The zero-order chi connectivity index (χ0) is 19.8. The van der Waals surface area contributed by atoms with Crippen molar-refractivity contribution in [2.24, 2.45) is 0 Å². The van der Waals surface area contributed by atoms with Crippen molar-refractivity contribution in [3.8, 4) is 11.4 Å². The fraction of sp³-hybridized carbons (Fsp3) is 0.286. The molecule has 1 fully saturated rings. The molecule has 2 aromatic carbocycles. The van der Waals surface area contributed by atoms with E-state index in [0.717, 1.165) is 16.7 Å². The van der Waals surface area contributed by atoms with Gasteiger partial charge in [-0.05, 0) is 48.7 Å². The smallest absolute Gasteiger partial charge is 0.232 e. The average molecular weight is 400 g/mol. The summed E-state index contributed by atoms with van der Waals surface area (Å²) in [7, 11) is 0. The Morgan fingerprint density at radius 1 is 1.21 bits per heavy atom. The molecule has 5 nitrogen and oxygen atoms in total. The molecule has 7 heteroatoms. The lowest BCUT2D eigenvalue weighted by Crippen LogP contribution is -2.24. The van der Waals surface area contributed by atoms with Crippen LogP contribution in [0.2, 0.25) is 5.02 Å². The summed E-state index contributed by atoms with van der Waals surface area (Å²) in [6, 6.07) is 10.5. The molecule has 1 amide bonds. The van der Waals surface area contributed by atoms with E-state index in [-0.39, 0.29) is 16.8 Å². The molecule has 1 aliphatic heterocycles. The summed E-state index contributed by atoms with van der Waals surface area (Å²) in [5.74, 6) is 0.351. The lowest BCUT2D eigenvalue weighted by atomic mass is 10.1. The van der Waals surface area contributed by atoms with Gasteiger partial charge in [-0.15, -0.1) is 0 Å². The first-order chi connectivity index (χ1) is 13.4. The van der Waals surface area contributed by atoms with Gasteiger partial charge in [-0.25, -0.2) is 4.39 Å². The molecule has 0 saturated carbocycles. The van der Waals surface area contributed by atoms with Crippen LogP contribution in [0, 0.1) is 19.7 Å². The van der Waals surface area contributed by atoms with Gasteiger partial charge in [-0.2, -0.15) is 4.98 Å². The number of hydrogen-bond donors (Lipinski definition) is 0. The largest absolute Gasteiger partial charge is 0.339 e. The lowest BCUT2D eigenvalue weighted by Gasteiger charge is -2.16. The standard InChI is InChI=1S/C21H19ClFN3O2/c1-12-3-5-15(7-13(12)2)20-24-21(28-25-20)16-9-19(27)26(11-16)10-14-4-6-18(23)17(22)8-14/h3-8,16H,9-11H2,1-2H3. The van der Waals surface area contributed by atoms with Crippen molar-refractivity contribution >= 4 is 17.5 Å². The molecule has 0 radical (unpaired) electrons. The monoisotopic (exact) mass is 399 g/mol. The molecule has 1 aliphatic rings. The average Bonchev–Trinajstić information content (AvgIpc) is 3.28. The Labute approximate surface area is 167 Å². The maximum absolute atomic E-state index is 13.3. The van der Waals surface area contributed by atoms with E-state index in [2.05, 4.69) is 10.1 Å². The van der Waals surface area contributed by atoms with Gasteiger partial charge in [0.15, 0.2) is 0 Å². The van der Waals surface area contributed by atoms with Crippen molar-refractivity contribution < 1.29 is 13.7 Å². The second-order valence-electron chi connectivity index (χ2n) is 7.18. The Balaban J connectivity index is 1.48. The Kier molecular flexibility index (Phi) is 4.89. The van der Waals surface area contributed by atoms with E-state index < -0.39 is 5.82 Å². The first-order valence-corrected chi connectivity index (χ1v) is 9.41. The van der Waals surface area contributed by atoms with Crippen LogP contribution in [-0.4, -0.2) is 27.5 Å². The minimum Gasteiger partial charge on any atom is -0.339 e. The van der Waals surface area contributed by atoms with Crippen molar-refractivity contribution in [3.63, 3.8) is 0 Å². The predicted octanol–water partition coefficient (Wildman–Crippen LogP) is 4.66. The molecule has 4 rings (SSSR count). The molecule has 0 spiro atoms. The molecular weight excluding hydrogens is 381 g/mol. The number of rotatable bonds is 4. The highest BCUT2D eigenvalue weighted by Crippen LogP contribution is 2.30. The Bertz CT molecular complexity index is 1050. The second kappa shape index (κ2) is 7.36. The second-order valence-corrected chi connectivity index (χ2v) is 7.59. The summed E-state index contributed by atoms with van der Waals surface area (Å²) in [6.07, 6.45) is 0.309. The fourth-order valence-corrected chi connectivity index (χ4v) is 3.55. The van der Waals surface area contributed by atoms with Crippen LogP contribution in [0.1, 0.15) is 34.9 Å². The number of aromatic nitrogens is 2. The van der Waals surface area contributed by atoms with Crippen LogP contribution in [-0.2, 0) is 11.3 Å². The molecule has 3 aromatic rings. The normalized spacial score (nSPS) is 16.8. The van der Waals surface area contributed by atoms with Gasteiger partial charge in [0.05, 0.1) is 10.9 Å². The molecule has 1 atom stereocenters. The van der Waals surface area contributed by atoms with Crippen LogP contribution in [0.3, 0.4) is 0 Å². The Morgan fingerprint density at radius 3 is 2.79 bits per heavy atom. The molecular formula is C21H19ClFN3O2. The highest BCUT2D eigenvalue weighted by Gasteiger charge is 2.34. The van der Waals surface area contributed by atoms with Crippen molar-refractivity contribution in [1.29, 1.82) is 0 Å². The number of aryl methyl sites for hydroxylation is 2. The van der Waals surface area contributed by atoms with Crippen LogP contribution in [0.15, 0.2) is 40.9 Å². The highest BCUT2D eigenvalue weighted by atomic mass is 35.5. The van der Waals surface area contributed by atoms with Gasteiger partial charge in [0.2, 0.25) is 17.6 Å². The van der Waals surface area contributed by atoms with Crippen molar-refractivity contribution in [1.82, 2.24) is 15.0 Å². The SMILES string of the molecule is Cc1ccc(-c2noc(C3CC(=O)N(Cc4ccc(F)c(Cl)c4)C3)n2)cc1C. The topological polar surface area (TPSA) is 59.2 Å². The third kappa shape index (κ3) is 3.64. The molecule has 144 valence electrons. The summed E-state index contributed by atoms with van der Waals surface area (Å²) < 4.78 is 18.8. The molecule has 28 heavy (non-hydrogen) atoms. The number of amides is 1. The van der Waals surface area contributed by atoms with Crippen LogP contribution < -0.4 is 0 Å². The summed E-state index contributed by atoms with van der Waals surface area (Å²) in [6.45, 7) is 4.93. The number of carbonyl (C=O) groups excluding carboxylic acids is 1. The van der Waals surface area contributed by atoms with Crippen LogP contribution in [0.4, 0.5) is 4.39 Å². The minimum atomic E-state index is -0.472. The molecule has 1 saturated heterocycles. The molecule has 1 aromatic heterocycles. The number of carbonyl (C=O) groups is 1.